The highest BCUT2D eigenvalue weighted by atomic mass is 79.9. The third kappa shape index (κ3) is 5.80. The molecule has 35 heavy (non-hydrogen) atoms. The summed E-state index contributed by atoms with van der Waals surface area (Å²) in [4.78, 5) is 18.0. The minimum absolute atomic E-state index is 0.0452. The van der Waals surface area contributed by atoms with Gasteiger partial charge in [-0.3, -0.25) is 4.79 Å². The van der Waals surface area contributed by atoms with Crippen molar-refractivity contribution in [3.8, 4) is 5.75 Å². The van der Waals surface area contributed by atoms with Gasteiger partial charge in [-0.15, -0.1) is 0 Å². The van der Waals surface area contributed by atoms with Crippen LogP contribution >= 0.6 is 55.1 Å². The van der Waals surface area contributed by atoms with E-state index in [0.29, 0.717) is 42.6 Å². The predicted molar refractivity (Wildman–Crippen MR) is 150 cm³/mol. The highest BCUT2D eigenvalue weighted by Crippen LogP contribution is 2.35. The number of hydrogen-bond acceptors (Lipinski definition) is 4. The SMILES string of the molecule is CC[C@@H](C)c1nc2ccc(Br)cc2c(=O)n1N=Cc1cc(Cl)c(OCc2ccccc2Cl)c(Br)c1. The van der Waals surface area contributed by atoms with Gasteiger partial charge in [0.2, 0.25) is 0 Å². The van der Waals surface area contributed by atoms with Crippen LogP contribution < -0.4 is 10.3 Å². The summed E-state index contributed by atoms with van der Waals surface area (Å²) in [5.41, 5.74) is 1.97. The Kier molecular flexibility index (Phi) is 8.32. The van der Waals surface area contributed by atoms with Crippen LogP contribution in [-0.2, 0) is 6.61 Å². The number of ether oxygens (including phenoxy) is 1. The van der Waals surface area contributed by atoms with Crippen LogP contribution in [0.15, 0.2) is 73.4 Å². The number of halogens is 4. The van der Waals surface area contributed by atoms with E-state index in [1.54, 1.807) is 18.3 Å². The highest BCUT2D eigenvalue weighted by molar-refractivity contribution is 9.10. The van der Waals surface area contributed by atoms with Crippen molar-refractivity contribution in [3.63, 3.8) is 0 Å². The zero-order valence-electron chi connectivity index (χ0n) is 18.9. The third-order valence-electron chi connectivity index (χ3n) is 5.56. The van der Waals surface area contributed by atoms with E-state index in [1.807, 2.05) is 49.4 Å². The second-order valence-electron chi connectivity index (χ2n) is 8.00. The first-order valence-electron chi connectivity index (χ1n) is 10.9. The summed E-state index contributed by atoms with van der Waals surface area (Å²) in [5, 5.41) is 6.03. The van der Waals surface area contributed by atoms with Crippen molar-refractivity contribution in [1.29, 1.82) is 0 Å². The summed E-state index contributed by atoms with van der Waals surface area (Å²) in [6.45, 7) is 4.35. The van der Waals surface area contributed by atoms with E-state index in [-0.39, 0.29) is 18.1 Å². The maximum absolute atomic E-state index is 13.3. The Morgan fingerprint density at radius 3 is 2.60 bits per heavy atom. The summed E-state index contributed by atoms with van der Waals surface area (Å²) in [7, 11) is 0. The molecule has 0 fully saturated rings. The van der Waals surface area contributed by atoms with Crippen LogP contribution in [0.3, 0.4) is 0 Å². The highest BCUT2D eigenvalue weighted by Gasteiger charge is 2.16. The molecular weight excluding hydrogens is 617 g/mol. The summed E-state index contributed by atoms with van der Waals surface area (Å²) < 4.78 is 8.75. The lowest BCUT2D eigenvalue weighted by molar-refractivity contribution is 0.304. The van der Waals surface area contributed by atoms with Gasteiger partial charge < -0.3 is 4.74 Å². The molecule has 0 aliphatic heterocycles. The molecule has 5 nitrogen and oxygen atoms in total. The molecule has 1 atom stereocenters. The summed E-state index contributed by atoms with van der Waals surface area (Å²) in [6.07, 6.45) is 2.41. The Balaban J connectivity index is 1.68. The first-order chi connectivity index (χ1) is 16.8. The van der Waals surface area contributed by atoms with Gasteiger partial charge in [0.25, 0.3) is 5.56 Å². The van der Waals surface area contributed by atoms with Crippen LogP contribution in [0.5, 0.6) is 5.75 Å². The molecule has 4 rings (SSSR count). The van der Waals surface area contributed by atoms with Crippen LogP contribution in [0, 0.1) is 0 Å². The predicted octanol–water partition coefficient (Wildman–Crippen LogP) is 8.20. The van der Waals surface area contributed by atoms with Gasteiger partial charge >= 0.3 is 0 Å². The largest absolute Gasteiger partial charge is 0.486 e. The van der Waals surface area contributed by atoms with E-state index in [0.717, 1.165) is 16.5 Å². The van der Waals surface area contributed by atoms with Gasteiger partial charge in [-0.1, -0.05) is 71.2 Å². The number of nitrogens with zero attached hydrogens (tertiary/aromatic N) is 3. The molecule has 0 saturated heterocycles. The molecule has 0 aliphatic rings. The van der Waals surface area contributed by atoms with Crippen LogP contribution in [-0.4, -0.2) is 15.9 Å². The number of rotatable bonds is 7. The van der Waals surface area contributed by atoms with Gasteiger partial charge in [0.05, 0.1) is 26.6 Å². The van der Waals surface area contributed by atoms with E-state index in [9.17, 15) is 4.79 Å². The lowest BCUT2D eigenvalue weighted by Gasteiger charge is -2.14. The van der Waals surface area contributed by atoms with Crippen LogP contribution in [0.1, 0.15) is 43.1 Å². The van der Waals surface area contributed by atoms with Crippen molar-refractivity contribution in [1.82, 2.24) is 9.66 Å². The van der Waals surface area contributed by atoms with Crippen LogP contribution in [0.2, 0.25) is 10.0 Å². The van der Waals surface area contributed by atoms with E-state index >= 15 is 0 Å². The summed E-state index contributed by atoms with van der Waals surface area (Å²) >= 11 is 19.7. The summed E-state index contributed by atoms with van der Waals surface area (Å²) in [5.74, 6) is 1.15. The monoisotopic (exact) mass is 635 g/mol. The standard InChI is InChI=1S/C26H21Br2Cl2N3O2/c1-3-15(2)25-32-23-9-8-18(27)12-19(23)26(34)33(25)31-13-16-10-20(28)24(22(30)11-16)35-14-17-6-4-5-7-21(17)29/h4-13,15H,3,14H2,1-2H3/t15-/m1/s1. The number of benzene rings is 3. The third-order valence-corrected chi connectivity index (χ3v) is 7.29. The Bertz CT molecular complexity index is 1460. The first kappa shape index (κ1) is 25.9. The Hall–Kier alpha value is -2.19. The fourth-order valence-electron chi connectivity index (χ4n) is 3.46. The summed E-state index contributed by atoms with van der Waals surface area (Å²) in [6, 6.07) is 16.5. The minimum Gasteiger partial charge on any atom is -0.486 e. The van der Waals surface area contributed by atoms with E-state index in [1.165, 1.54) is 4.68 Å². The van der Waals surface area contributed by atoms with Crippen molar-refractivity contribution in [2.45, 2.75) is 32.8 Å². The van der Waals surface area contributed by atoms with E-state index in [2.05, 4.69) is 43.9 Å². The second-order valence-corrected chi connectivity index (χ2v) is 10.6. The molecule has 9 heteroatoms. The maximum atomic E-state index is 13.3. The van der Waals surface area contributed by atoms with Crippen molar-refractivity contribution < 1.29 is 4.74 Å². The smallest absolute Gasteiger partial charge is 0.282 e. The quantitative estimate of drug-likeness (QED) is 0.192. The molecule has 0 bridgehead atoms. The fraction of sp³-hybridized carbons (Fsp3) is 0.192. The van der Waals surface area contributed by atoms with Gasteiger partial charge in [-0.25, -0.2) is 4.98 Å². The topological polar surface area (TPSA) is 56.5 Å². The van der Waals surface area contributed by atoms with E-state index in [4.69, 9.17) is 32.9 Å². The molecule has 0 amide bonds. The van der Waals surface area contributed by atoms with Gasteiger partial charge in [-0.05, 0) is 64.3 Å². The molecule has 1 aromatic heterocycles. The van der Waals surface area contributed by atoms with Gasteiger partial charge in [-0.2, -0.15) is 9.78 Å². The Morgan fingerprint density at radius 1 is 1.11 bits per heavy atom. The Labute approximate surface area is 230 Å². The average molecular weight is 638 g/mol. The van der Waals surface area contributed by atoms with Crippen LogP contribution in [0.25, 0.3) is 10.9 Å². The molecule has 0 saturated carbocycles. The van der Waals surface area contributed by atoms with E-state index < -0.39 is 0 Å². The molecule has 1 heterocycles. The van der Waals surface area contributed by atoms with Crippen molar-refractivity contribution in [3.05, 3.63) is 101 Å². The van der Waals surface area contributed by atoms with Gasteiger partial charge in [0, 0.05) is 21.0 Å². The van der Waals surface area contributed by atoms with Gasteiger partial charge in [0.15, 0.2) is 5.75 Å². The molecule has 3 aromatic carbocycles. The molecule has 0 unspecified atom stereocenters. The number of hydrogen-bond donors (Lipinski definition) is 0. The fourth-order valence-corrected chi connectivity index (χ4v) is 5.00. The molecule has 0 spiro atoms. The lowest BCUT2D eigenvalue weighted by atomic mass is 10.1. The maximum Gasteiger partial charge on any atom is 0.282 e. The minimum atomic E-state index is -0.229. The number of aromatic nitrogens is 2. The second kappa shape index (κ2) is 11.2. The molecule has 180 valence electrons. The molecular formula is C26H21Br2Cl2N3O2. The van der Waals surface area contributed by atoms with Crippen molar-refractivity contribution in [2.75, 3.05) is 0 Å². The van der Waals surface area contributed by atoms with Gasteiger partial charge in [0.1, 0.15) is 12.4 Å². The number of fused-ring (bicyclic) bond motifs is 1. The molecule has 4 aromatic rings. The Morgan fingerprint density at radius 2 is 1.89 bits per heavy atom. The molecule has 0 N–H and O–H groups in total. The first-order valence-corrected chi connectivity index (χ1v) is 13.2. The molecule has 0 radical (unpaired) electrons. The van der Waals surface area contributed by atoms with Crippen LogP contribution in [0.4, 0.5) is 0 Å². The normalized spacial score (nSPS) is 12.4. The van der Waals surface area contributed by atoms with Crippen molar-refractivity contribution >= 4 is 72.2 Å². The lowest BCUT2D eigenvalue weighted by Crippen LogP contribution is -2.23. The zero-order chi connectivity index (χ0) is 25.1. The molecule has 0 aliphatic carbocycles. The van der Waals surface area contributed by atoms with Crippen molar-refractivity contribution in [2.24, 2.45) is 5.10 Å². The average Bonchev–Trinajstić information content (AvgIpc) is 2.83. The zero-order valence-corrected chi connectivity index (χ0v) is 23.6.